The Bertz CT molecular complexity index is 1040. The van der Waals surface area contributed by atoms with Gasteiger partial charge in [0, 0.05) is 0 Å². The first kappa shape index (κ1) is 18.9. The highest BCUT2D eigenvalue weighted by molar-refractivity contribution is 7.92. The van der Waals surface area contributed by atoms with E-state index in [1.807, 2.05) is 6.92 Å². The van der Waals surface area contributed by atoms with E-state index in [1.165, 1.54) is 35.3 Å². The van der Waals surface area contributed by atoms with Crippen molar-refractivity contribution in [2.45, 2.75) is 24.5 Å². The molecule has 0 aliphatic rings. The molecule has 0 radical (unpaired) electrons. The van der Waals surface area contributed by atoms with Crippen LogP contribution >= 0.6 is 0 Å². The van der Waals surface area contributed by atoms with Crippen molar-refractivity contribution < 1.29 is 21.6 Å². The lowest BCUT2D eigenvalue weighted by atomic mass is 10.1. The second-order valence-corrected chi connectivity index (χ2v) is 7.56. The minimum atomic E-state index is -4.44. The van der Waals surface area contributed by atoms with E-state index in [0.29, 0.717) is 5.56 Å². The van der Waals surface area contributed by atoms with E-state index < -0.39 is 21.8 Å². The fraction of sp³-hybridized carbons (Fsp3) is 0.176. The van der Waals surface area contributed by atoms with Crippen LogP contribution in [0.25, 0.3) is 0 Å². The molecule has 0 saturated heterocycles. The molecule has 0 unspecified atom stereocenters. The number of rotatable bonds is 5. The van der Waals surface area contributed by atoms with Gasteiger partial charge in [-0.25, -0.2) is 17.8 Å². The summed E-state index contributed by atoms with van der Waals surface area (Å²) in [6.45, 7) is 1.85. The number of anilines is 1. The van der Waals surface area contributed by atoms with E-state index in [0.717, 1.165) is 17.7 Å². The van der Waals surface area contributed by atoms with E-state index in [-0.39, 0.29) is 17.4 Å². The number of halogens is 3. The smallest absolute Gasteiger partial charge is 0.246 e. The Labute approximate surface area is 153 Å². The molecule has 0 aliphatic heterocycles. The monoisotopic (exact) mass is 396 g/mol. The van der Waals surface area contributed by atoms with E-state index in [9.17, 15) is 21.6 Å². The highest BCUT2D eigenvalue weighted by atomic mass is 32.2. The predicted molar refractivity (Wildman–Crippen MR) is 92.6 cm³/mol. The summed E-state index contributed by atoms with van der Waals surface area (Å²) >= 11 is 0. The van der Waals surface area contributed by atoms with Crippen LogP contribution in [0.5, 0.6) is 0 Å². The maximum Gasteiger partial charge on any atom is 0.416 e. The number of hydrogen-bond acceptors (Lipinski definition) is 4. The third-order valence-corrected chi connectivity index (χ3v) is 5.04. The molecule has 0 saturated carbocycles. The molecule has 1 heterocycles. The molecule has 0 amide bonds. The van der Waals surface area contributed by atoms with Gasteiger partial charge in [-0.15, -0.1) is 5.10 Å². The number of nitrogens with zero attached hydrogens (tertiary/aromatic N) is 3. The molecule has 0 fully saturated rings. The van der Waals surface area contributed by atoms with Gasteiger partial charge >= 0.3 is 6.18 Å². The zero-order valence-corrected chi connectivity index (χ0v) is 14.9. The third kappa shape index (κ3) is 4.64. The minimum Gasteiger partial charge on any atom is -0.246 e. The summed E-state index contributed by atoms with van der Waals surface area (Å²) in [7, 11) is -3.85. The van der Waals surface area contributed by atoms with Gasteiger partial charge in [-0.1, -0.05) is 29.8 Å². The molecule has 142 valence electrons. The van der Waals surface area contributed by atoms with E-state index in [4.69, 9.17) is 0 Å². The number of nitrogens with one attached hydrogen (secondary N) is 1. The average Bonchev–Trinajstić information content (AvgIpc) is 3.01. The summed E-state index contributed by atoms with van der Waals surface area (Å²) in [6.07, 6.45) is -3.19. The van der Waals surface area contributed by atoms with Crippen molar-refractivity contribution in [3.05, 3.63) is 71.5 Å². The summed E-state index contributed by atoms with van der Waals surface area (Å²) in [5.74, 6) is -0.164. The normalized spacial score (nSPS) is 12.1. The van der Waals surface area contributed by atoms with Crippen LogP contribution < -0.4 is 4.72 Å². The Hall–Kier alpha value is -2.88. The molecule has 10 heteroatoms. The topological polar surface area (TPSA) is 76.9 Å². The molecule has 6 nitrogen and oxygen atoms in total. The maximum absolute atomic E-state index is 12.8. The summed E-state index contributed by atoms with van der Waals surface area (Å²) < 4.78 is 66.4. The molecule has 3 rings (SSSR count). The molecule has 27 heavy (non-hydrogen) atoms. The molecular formula is C17H15F3N4O2S. The largest absolute Gasteiger partial charge is 0.416 e. The van der Waals surface area contributed by atoms with Crippen LogP contribution in [0.3, 0.4) is 0 Å². The molecular weight excluding hydrogens is 381 g/mol. The van der Waals surface area contributed by atoms with Gasteiger partial charge < -0.3 is 0 Å². The summed E-state index contributed by atoms with van der Waals surface area (Å²) in [5.41, 5.74) is 0.514. The molecule has 0 bridgehead atoms. The summed E-state index contributed by atoms with van der Waals surface area (Å²) in [5, 5.41) is 3.96. The highest BCUT2D eigenvalue weighted by Gasteiger charge is 2.30. The molecule has 1 aromatic heterocycles. The SMILES string of the molecule is Cc1ccc(S(=O)(=O)Nc2ncn(Cc3cccc(C(F)(F)F)c3)n2)cc1. The van der Waals surface area contributed by atoms with Crippen LogP contribution in [-0.2, 0) is 22.7 Å². The molecule has 1 N–H and O–H groups in total. The maximum atomic E-state index is 12.8. The van der Waals surface area contributed by atoms with Crippen LogP contribution in [-0.4, -0.2) is 23.2 Å². The first-order chi connectivity index (χ1) is 12.6. The van der Waals surface area contributed by atoms with Gasteiger partial charge in [0.1, 0.15) is 6.33 Å². The van der Waals surface area contributed by atoms with Crippen molar-refractivity contribution in [1.29, 1.82) is 0 Å². The second kappa shape index (κ2) is 7.03. The van der Waals surface area contributed by atoms with Crippen LogP contribution in [0.2, 0.25) is 0 Å². The number of aryl methyl sites for hydroxylation is 1. The molecule has 2 aromatic carbocycles. The zero-order valence-electron chi connectivity index (χ0n) is 14.1. The van der Waals surface area contributed by atoms with E-state index in [2.05, 4.69) is 14.8 Å². The Morgan fingerprint density at radius 3 is 2.48 bits per heavy atom. The third-order valence-electron chi connectivity index (χ3n) is 3.69. The lowest BCUT2D eigenvalue weighted by Gasteiger charge is -2.08. The van der Waals surface area contributed by atoms with Crippen molar-refractivity contribution in [2.75, 3.05) is 4.72 Å². The number of aromatic nitrogens is 3. The molecule has 0 atom stereocenters. The van der Waals surface area contributed by atoms with Crippen molar-refractivity contribution in [2.24, 2.45) is 0 Å². The highest BCUT2D eigenvalue weighted by Crippen LogP contribution is 2.29. The van der Waals surface area contributed by atoms with Crippen LogP contribution in [0.4, 0.5) is 19.1 Å². The first-order valence-corrected chi connectivity index (χ1v) is 9.27. The molecule has 0 aliphatic carbocycles. The van der Waals surface area contributed by atoms with Gasteiger partial charge in [0.2, 0.25) is 0 Å². The van der Waals surface area contributed by atoms with Crippen LogP contribution in [0.15, 0.2) is 59.8 Å². The first-order valence-electron chi connectivity index (χ1n) is 7.78. The van der Waals surface area contributed by atoms with Gasteiger partial charge in [-0.3, -0.25) is 0 Å². The predicted octanol–water partition coefficient (Wildman–Crippen LogP) is 3.45. The summed E-state index contributed by atoms with van der Waals surface area (Å²) in [4.78, 5) is 3.91. The van der Waals surface area contributed by atoms with Crippen LogP contribution in [0, 0.1) is 6.92 Å². The van der Waals surface area contributed by atoms with Gasteiger partial charge in [-0.05, 0) is 36.8 Å². The minimum absolute atomic E-state index is 0.0170. The Kier molecular flexibility index (Phi) is 4.92. The Morgan fingerprint density at radius 1 is 1.11 bits per heavy atom. The Morgan fingerprint density at radius 2 is 1.81 bits per heavy atom. The fourth-order valence-electron chi connectivity index (χ4n) is 2.35. The second-order valence-electron chi connectivity index (χ2n) is 5.88. The fourth-order valence-corrected chi connectivity index (χ4v) is 3.29. The standard InChI is InChI=1S/C17H15F3N4O2S/c1-12-5-7-15(8-6-12)27(25,26)23-16-21-11-24(22-16)10-13-3-2-4-14(9-13)17(18,19)20/h2-9,11H,10H2,1H3,(H,22,23). The van der Waals surface area contributed by atoms with Gasteiger partial charge in [0.15, 0.2) is 0 Å². The van der Waals surface area contributed by atoms with Crippen molar-refractivity contribution >= 4 is 16.0 Å². The lowest BCUT2D eigenvalue weighted by Crippen LogP contribution is -2.14. The van der Waals surface area contributed by atoms with E-state index in [1.54, 1.807) is 12.1 Å². The quantitative estimate of drug-likeness (QED) is 0.717. The van der Waals surface area contributed by atoms with Gasteiger partial charge in [-0.2, -0.15) is 18.2 Å². The van der Waals surface area contributed by atoms with Gasteiger partial charge in [0.05, 0.1) is 17.0 Å². The van der Waals surface area contributed by atoms with Crippen molar-refractivity contribution in [1.82, 2.24) is 14.8 Å². The Balaban J connectivity index is 1.75. The average molecular weight is 396 g/mol. The van der Waals surface area contributed by atoms with Crippen molar-refractivity contribution in [3.8, 4) is 0 Å². The number of alkyl halides is 3. The number of benzene rings is 2. The van der Waals surface area contributed by atoms with Gasteiger partial charge in [0.25, 0.3) is 16.0 Å². The lowest BCUT2D eigenvalue weighted by molar-refractivity contribution is -0.137. The zero-order chi connectivity index (χ0) is 19.7. The van der Waals surface area contributed by atoms with Crippen LogP contribution in [0.1, 0.15) is 16.7 Å². The number of sulfonamides is 1. The van der Waals surface area contributed by atoms with E-state index >= 15 is 0 Å². The molecule has 0 spiro atoms. The van der Waals surface area contributed by atoms with Crippen molar-refractivity contribution in [3.63, 3.8) is 0 Å². The summed E-state index contributed by atoms with van der Waals surface area (Å²) in [6, 6.07) is 11.0. The molecule has 3 aromatic rings. The number of hydrogen-bond donors (Lipinski definition) is 1.